The molecule has 0 aliphatic carbocycles. The number of anilines is 1. The van der Waals surface area contributed by atoms with Crippen LogP contribution in [0.25, 0.3) is 0 Å². The monoisotopic (exact) mass is 502 g/mol. The summed E-state index contributed by atoms with van der Waals surface area (Å²) in [5.41, 5.74) is 1.00. The molecule has 0 fully saturated rings. The summed E-state index contributed by atoms with van der Waals surface area (Å²) in [6.45, 7) is 0.641. The fraction of sp³-hybridized carbons (Fsp3) is 0.0714. The van der Waals surface area contributed by atoms with Gasteiger partial charge in [-0.1, -0.05) is 0 Å². The van der Waals surface area contributed by atoms with Crippen LogP contribution in [0.4, 0.5) is 5.69 Å². The van der Waals surface area contributed by atoms with Gasteiger partial charge in [-0.3, -0.25) is 0 Å². The summed E-state index contributed by atoms with van der Waals surface area (Å²) in [5, 5.41) is 2.79. The van der Waals surface area contributed by atoms with E-state index in [0.29, 0.717) is 6.54 Å². The quantitative estimate of drug-likeness (QED) is 0.143. The SMILES string of the molecule is NN(CC=CCP(Br)(c1ccccc1)(c1ccccc1)c1ccccc1)c1ccccc1. The summed E-state index contributed by atoms with van der Waals surface area (Å²) in [7, 11) is 0. The number of hydrazine groups is 1. The van der Waals surface area contributed by atoms with Crippen molar-refractivity contribution in [3.8, 4) is 0 Å². The third-order valence-electron chi connectivity index (χ3n) is 5.89. The molecule has 0 saturated heterocycles. The van der Waals surface area contributed by atoms with Gasteiger partial charge in [0, 0.05) is 0 Å². The van der Waals surface area contributed by atoms with Crippen LogP contribution in [-0.4, -0.2) is 12.7 Å². The standard InChI is InChI=1S/C28H28BrN2P/c29-32(26-17-7-2-8-18-26,27-19-9-3-10-20-27,28-21-11-4-12-22-28)24-14-13-23-31(30)25-15-5-1-6-16-25/h1-22H,23-24,30H2. The molecule has 0 bridgehead atoms. The molecule has 0 spiro atoms. The van der Waals surface area contributed by atoms with Gasteiger partial charge in [0.05, 0.1) is 0 Å². The molecule has 4 heteroatoms. The number of para-hydroxylation sites is 1. The molecule has 4 aromatic carbocycles. The van der Waals surface area contributed by atoms with E-state index in [9.17, 15) is 0 Å². The Kier molecular flexibility index (Phi) is 6.91. The van der Waals surface area contributed by atoms with Crippen LogP contribution in [-0.2, 0) is 0 Å². The third kappa shape index (κ3) is 4.29. The first-order valence-corrected chi connectivity index (χ1v) is 15.2. The molecule has 4 aromatic rings. The summed E-state index contributed by atoms with van der Waals surface area (Å²) >= 11 is 4.46. The topological polar surface area (TPSA) is 29.3 Å². The predicted octanol–water partition coefficient (Wildman–Crippen LogP) is 5.76. The number of halogens is 1. The number of hydrogen-bond acceptors (Lipinski definition) is 2. The van der Waals surface area contributed by atoms with Crippen molar-refractivity contribution < 1.29 is 0 Å². The number of nitrogens with zero attached hydrogens (tertiary/aromatic N) is 1. The average molecular weight is 503 g/mol. The molecular formula is C28H28BrN2P. The molecule has 0 unspecified atom stereocenters. The Morgan fingerprint density at radius 1 is 0.594 bits per heavy atom. The zero-order valence-corrected chi connectivity index (χ0v) is 20.4. The normalized spacial score (nSPS) is 12.9. The van der Waals surface area contributed by atoms with E-state index in [2.05, 4.69) is 119 Å². The van der Waals surface area contributed by atoms with E-state index in [-0.39, 0.29) is 0 Å². The molecule has 162 valence electrons. The van der Waals surface area contributed by atoms with Gasteiger partial charge < -0.3 is 0 Å². The molecular weight excluding hydrogens is 475 g/mol. The average Bonchev–Trinajstić information content (AvgIpc) is 2.88. The molecule has 2 nitrogen and oxygen atoms in total. The number of hydrogen-bond donors (Lipinski definition) is 1. The zero-order chi connectivity index (χ0) is 22.3. The predicted molar refractivity (Wildman–Crippen MR) is 146 cm³/mol. The van der Waals surface area contributed by atoms with Crippen molar-refractivity contribution in [1.82, 2.24) is 0 Å². The molecule has 0 aliphatic heterocycles. The fourth-order valence-corrected chi connectivity index (χ4v) is 11.2. The molecule has 32 heavy (non-hydrogen) atoms. The summed E-state index contributed by atoms with van der Waals surface area (Å²) in [5.74, 6) is 6.29. The molecule has 0 amide bonds. The first-order valence-electron chi connectivity index (χ1n) is 10.7. The number of nitrogens with two attached hydrogens (primary N) is 1. The third-order valence-corrected chi connectivity index (χ3v) is 15.5. The number of rotatable bonds is 8. The molecule has 0 radical (unpaired) electrons. The van der Waals surface area contributed by atoms with Crippen molar-refractivity contribution in [3.05, 3.63) is 133 Å². The van der Waals surface area contributed by atoms with Crippen LogP contribution >= 0.6 is 20.8 Å². The van der Waals surface area contributed by atoms with Crippen LogP contribution in [0.1, 0.15) is 0 Å². The van der Waals surface area contributed by atoms with E-state index in [1.165, 1.54) is 15.9 Å². The number of allylic oxidation sites excluding steroid dienone is 1. The second-order valence-corrected chi connectivity index (χ2v) is 16.8. The van der Waals surface area contributed by atoms with E-state index in [4.69, 9.17) is 5.84 Å². The summed E-state index contributed by atoms with van der Waals surface area (Å²) in [6.07, 6.45) is 5.30. The Balaban J connectivity index is 1.77. The van der Waals surface area contributed by atoms with E-state index in [0.717, 1.165) is 11.8 Å². The van der Waals surface area contributed by atoms with E-state index >= 15 is 0 Å². The Morgan fingerprint density at radius 3 is 1.38 bits per heavy atom. The molecule has 0 aromatic heterocycles. The van der Waals surface area contributed by atoms with E-state index in [1.54, 1.807) is 5.01 Å². The van der Waals surface area contributed by atoms with Gasteiger partial charge in [0.1, 0.15) is 0 Å². The van der Waals surface area contributed by atoms with Crippen molar-refractivity contribution >= 4 is 42.4 Å². The van der Waals surface area contributed by atoms with E-state index < -0.39 is 5.31 Å². The summed E-state index contributed by atoms with van der Waals surface area (Å²) in [4.78, 5) is 0. The molecule has 0 saturated carbocycles. The first kappa shape index (κ1) is 22.5. The fourth-order valence-electron chi connectivity index (χ4n) is 4.17. The molecule has 4 rings (SSSR count). The second-order valence-electron chi connectivity index (χ2n) is 7.83. The zero-order valence-electron chi connectivity index (χ0n) is 18.0. The maximum absolute atomic E-state index is 6.29. The van der Waals surface area contributed by atoms with Crippen LogP contribution in [0.3, 0.4) is 0 Å². The van der Waals surface area contributed by atoms with Gasteiger partial charge in [-0.15, -0.1) is 0 Å². The van der Waals surface area contributed by atoms with Gasteiger partial charge in [-0.2, -0.15) is 0 Å². The van der Waals surface area contributed by atoms with Crippen LogP contribution in [0.5, 0.6) is 0 Å². The van der Waals surface area contributed by atoms with Gasteiger partial charge in [-0.05, 0) is 0 Å². The first-order chi connectivity index (χ1) is 15.6. The minimum atomic E-state index is -2.92. The Bertz CT molecular complexity index is 1050. The Hall–Kier alpha value is -2.71. The van der Waals surface area contributed by atoms with Gasteiger partial charge in [0.15, 0.2) is 0 Å². The van der Waals surface area contributed by atoms with Crippen molar-refractivity contribution in [2.24, 2.45) is 5.84 Å². The van der Waals surface area contributed by atoms with Crippen LogP contribution < -0.4 is 26.8 Å². The summed E-state index contributed by atoms with van der Waals surface area (Å²) < 4.78 is 0. The maximum atomic E-state index is 6.29. The molecule has 0 atom stereocenters. The molecule has 2 N–H and O–H groups in total. The molecule has 0 heterocycles. The van der Waals surface area contributed by atoms with Crippen molar-refractivity contribution in [2.75, 3.05) is 17.7 Å². The van der Waals surface area contributed by atoms with Gasteiger partial charge >= 0.3 is 199 Å². The van der Waals surface area contributed by atoms with E-state index in [1.807, 2.05) is 30.3 Å². The van der Waals surface area contributed by atoms with Gasteiger partial charge in [0.25, 0.3) is 0 Å². The summed E-state index contributed by atoms with van der Waals surface area (Å²) in [6, 6.07) is 42.6. The molecule has 0 aliphatic rings. The minimum absolute atomic E-state index is 0.641. The van der Waals surface area contributed by atoms with Crippen molar-refractivity contribution in [2.45, 2.75) is 0 Å². The van der Waals surface area contributed by atoms with Crippen molar-refractivity contribution in [3.63, 3.8) is 0 Å². The van der Waals surface area contributed by atoms with Crippen molar-refractivity contribution in [1.29, 1.82) is 0 Å². The van der Waals surface area contributed by atoms with Crippen LogP contribution in [0.2, 0.25) is 0 Å². The van der Waals surface area contributed by atoms with Gasteiger partial charge in [0.2, 0.25) is 0 Å². The van der Waals surface area contributed by atoms with Gasteiger partial charge in [-0.25, -0.2) is 0 Å². The second kappa shape index (κ2) is 9.83. The Labute approximate surface area is 199 Å². The number of benzene rings is 4. The van der Waals surface area contributed by atoms with Crippen LogP contribution in [0, 0.1) is 0 Å². The Morgan fingerprint density at radius 2 is 0.969 bits per heavy atom. The van der Waals surface area contributed by atoms with Crippen LogP contribution in [0.15, 0.2) is 133 Å².